The van der Waals surface area contributed by atoms with E-state index in [0.717, 1.165) is 22.3 Å². The molecule has 1 heterocycles. The van der Waals surface area contributed by atoms with Crippen LogP contribution >= 0.6 is 0 Å². The Labute approximate surface area is 205 Å². The van der Waals surface area contributed by atoms with Crippen molar-refractivity contribution < 1.29 is 29.0 Å². The van der Waals surface area contributed by atoms with Crippen molar-refractivity contribution in [3.63, 3.8) is 0 Å². The summed E-state index contributed by atoms with van der Waals surface area (Å²) in [5, 5.41) is 14.9. The first-order valence-electron chi connectivity index (χ1n) is 11.9. The van der Waals surface area contributed by atoms with E-state index in [-0.39, 0.29) is 38.1 Å². The molecule has 3 N–H and O–H groups in total. The predicted molar refractivity (Wildman–Crippen MR) is 130 cm³/mol. The standard InChI is InChI=1S/C27H32N2O6/c1-27(2,3)23(12-24(30)28-22-15-34-13-21(22)25(31)32)29-26(33)35-14-20-18-10-6-4-8-16(18)17-9-5-7-11-19(17)20/h4-11,20-23H,12-15H2,1-3H3,(H,28,30)(H,29,33)(H,31,32). The lowest BCUT2D eigenvalue weighted by molar-refractivity contribution is -0.142. The van der Waals surface area contributed by atoms with Gasteiger partial charge in [-0.2, -0.15) is 0 Å². The first kappa shape index (κ1) is 24.7. The Morgan fingerprint density at radius 2 is 1.63 bits per heavy atom. The van der Waals surface area contributed by atoms with Gasteiger partial charge in [-0.1, -0.05) is 69.3 Å². The Bertz CT molecular complexity index is 1060. The molecule has 2 aromatic rings. The number of fused-ring (bicyclic) bond motifs is 3. The maximum Gasteiger partial charge on any atom is 0.407 e. The maximum absolute atomic E-state index is 12.8. The number of carboxylic acids is 1. The summed E-state index contributed by atoms with van der Waals surface area (Å²) in [5.74, 6) is -2.18. The zero-order valence-corrected chi connectivity index (χ0v) is 20.2. The molecule has 186 valence electrons. The number of hydrogen-bond donors (Lipinski definition) is 3. The molecule has 1 fully saturated rings. The van der Waals surface area contributed by atoms with Crippen molar-refractivity contribution in [2.45, 2.75) is 45.2 Å². The average molecular weight is 481 g/mol. The van der Waals surface area contributed by atoms with Gasteiger partial charge in [-0.15, -0.1) is 0 Å². The Morgan fingerprint density at radius 3 is 2.20 bits per heavy atom. The molecule has 1 aliphatic carbocycles. The van der Waals surface area contributed by atoms with Gasteiger partial charge in [0.25, 0.3) is 0 Å². The quantitative estimate of drug-likeness (QED) is 0.559. The largest absolute Gasteiger partial charge is 0.481 e. The SMILES string of the molecule is CC(C)(C)C(CC(=O)NC1COCC1C(=O)O)NC(=O)OCC1c2ccccc2-c2ccccc21. The number of rotatable bonds is 7. The number of carbonyl (C=O) groups excluding carboxylic acids is 2. The third-order valence-corrected chi connectivity index (χ3v) is 6.81. The molecule has 8 nitrogen and oxygen atoms in total. The third-order valence-electron chi connectivity index (χ3n) is 6.81. The van der Waals surface area contributed by atoms with Gasteiger partial charge in [0.15, 0.2) is 0 Å². The van der Waals surface area contributed by atoms with E-state index in [0.29, 0.717) is 0 Å². The van der Waals surface area contributed by atoms with Crippen molar-refractivity contribution >= 4 is 18.0 Å². The highest BCUT2D eigenvalue weighted by atomic mass is 16.5. The Morgan fingerprint density at radius 1 is 1.03 bits per heavy atom. The van der Waals surface area contributed by atoms with Crippen LogP contribution in [-0.2, 0) is 19.1 Å². The second-order valence-corrected chi connectivity index (χ2v) is 10.2. The van der Waals surface area contributed by atoms with E-state index in [1.54, 1.807) is 0 Å². The van der Waals surface area contributed by atoms with Crippen LogP contribution < -0.4 is 10.6 Å². The molecule has 0 spiro atoms. The topological polar surface area (TPSA) is 114 Å². The molecule has 1 aliphatic heterocycles. The highest BCUT2D eigenvalue weighted by Gasteiger charge is 2.37. The number of alkyl carbamates (subject to hydrolysis) is 1. The van der Waals surface area contributed by atoms with Crippen LogP contribution in [0.1, 0.15) is 44.2 Å². The van der Waals surface area contributed by atoms with Crippen LogP contribution in [0.5, 0.6) is 0 Å². The molecule has 0 saturated carbocycles. The highest BCUT2D eigenvalue weighted by Crippen LogP contribution is 2.44. The van der Waals surface area contributed by atoms with E-state index in [2.05, 4.69) is 34.9 Å². The number of hydrogen-bond acceptors (Lipinski definition) is 5. The van der Waals surface area contributed by atoms with Crippen LogP contribution in [0.3, 0.4) is 0 Å². The number of amides is 2. The van der Waals surface area contributed by atoms with Gasteiger partial charge in [0.1, 0.15) is 12.5 Å². The van der Waals surface area contributed by atoms with Crippen molar-refractivity contribution in [1.82, 2.24) is 10.6 Å². The van der Waals surface area contributed by atoms with Gasteiger partial charge in [-0.05, 0) is 27.7 Å². The van der Waals surface area contributed by atoms with E-state index in [4.69, 9.17) is 9.47 Å². The van der Waals surface area contributed by atoms with E-state index in [9.17, 15) is 19.5 Å². The van der Waals surface area contributed by atoms with Gasteiger partial charge in [0, 0.05) is 18.4 Å². The van der Waals surface area contributed by atoms with E-state index < -0.39 is 35.5 Å². The molecule has 2 aromatic carbocycles. The predicted octanol–water partition coefficient (Wildman–Crippen LogP) is 3.55. The fourth-order valence-corrected chi connectivity index (χ4v) is 4.75. The van der Waals surface area contributed by atoms with Crippen LogP contribution in [0.25, 0.3) is 11.1 Å². The summed E-state index contributed by atoms with van der Waals surface area (Å²) in [7, 11) is 0. The van der Waals surface area contributed by atoms with Crippen molar-refractivity contribution in [1.29, 1.82) is 0 Å². The number of nitrogens with one attached hydrogen (secondary N) is 2. The number of carbonyl (C=O) groups is 3. The van der Waals surface area contributed by atoms with Gasteiger partial charge < -0.3 is 25.2 Å². The number of carboxylic acid groups (broad SMARTS) is 1. The summed E-state index contributed by atoms with van der Waals surface area (Å²) in [4.78, 5) is 36.8. The third kappa shape index (κ3) is 5.48. The summed E-state index contributed by atoms with van der Waals surface area (Å²) in [6.07, 6.45) is -0.594. The zero-order chi connectivity index (χ0) is 25.2. The highest BCUT2D eigenvalue weighted by molar-refractivity contribution is 5.80. The monoisotopic (exact) mass is 480 g/mol. The second-order valence-electron chi connectivity index (χ2n) is 10.2. The van der Waals surface area contributed by atoms with Crippen LogP contribution in [0.4, 0.5) is 4.79 Å². The number of aliphatic carboxylic acids is 1. The Hall–Kier alpha value is -3.39. The fraction of sp³-hybridized carbons (Fsp3) is 0.444. The molecular weight excluding hydrogens is 448 g/mol. The first-order valence-corrected chi connectivity index (χ1v) is 11.9. The molecule has 8 heteroatoms. The summed E-state index contributed by atoms with van der Waals surface area (Å²) in [5.41, 5.74) is 4.12. The van der Waals surface area contributed by atoms with Crippen LogP contribution in [0.15, 0.2) is 48.5 Å². The fourth-order valence-electron chi connectivity index (χ4n) is 4.75. The molecule has 0 bridgehead atoms. The summed E-state index contributed by atoms with van der Waals surface area (Å²) in [6, 6.07) is 15.1. The van der Waals surface area contributed by atoms with Crippen molar-refractivity contribution in [2.24, 2.45) is 11.3 Å². The summed E-state index contributed by atoms with van der Waals surface area (Å²) >= 11 is 0. The lowest BCUT2D eigenvalue weighted by atomic mass is 9.84. The Balaban J connectivity index is 1.37. The van der Waals surface area contributed by atoms with Gasteiger partial charge in [0.2, 0.25) is 5.91 Å². The molecule has 2 amide bonds. The van der Waals surface area contributed by atoms with Gasteiger partial charge in [-0.3, -0.25) is 9.59 Å². The minimum atomic E-state index is -1.00. The molecule has 3 atom stereocenters. The normalized spacial score (nSPS) is 20.0. The zero-order valence-electron chi connectivity index (χ0n) is 20.2. The summed E-state index contributed by atoms with van der Waals surface area (Å²) < 4.78 is 10.9. The molecule has 0 radical (unpaired) electrons. The van der Waals surface area contributed by atoms with Crippen molar-refractivity contribution in [3.05, 3.63) is 59.7 Å². The average Bonchev–Trinajstić information content (AvgIpc) is 3.39. The molecule has 35 heavy (non-hydrogen) atoms. The minimum Gasteiger partial charge on any atom is -0.481 e. The maximum atomic E-state index is 12.8. The van der Waals surface area contributed by atoms with Gasteiger partial charge >= 0.3 is 12.1 Å². The number of benzene rings is 2. The van der Waals surface area contributed by atoms with Crippen LogP contribution in [0.2, 0.25) is 0 Å². The number of ether oxygens (including phenoxy) is 2. The molecule has 0 aromatic heterocycles. The molecule has 3 unspecified atom stereocenters. The lowest BCUT2D eigenvalue weighted by Gasteiger charge is -2.31. The smallest absolute Gasteiger partial charge is 0.407 e. The Kier molecular flexibility index (Phi) is 7.12. The van der Waals surface area contributed by atoms with Crippen molar-refractivity contribution in [3.8, 4) is 11.1 Å². The molecular formula is C27H32N2O6. The van der Waals surface area contributed by atoms with Crippen LogP contribution in [0, 0.1) is 11.3 Å². The van der Waals surface area contributed by atoms with E-state index in [1.165, 1.54) is 0 Å². The molecule has 2 aliphatic rings. The first-order chi connectivity index (χ1) is 16.6. The van der Waals surface area contributed by atoms with Crippen molar-refractivity contribution in [2.75, 3.05) is 19.8 Å². The van der Waals surface area contributed by atoms with E-state index in [1.807, 2.05) is 45.0 Å². The van der Waals surface area contributed by atoms with Gasteiger partial charge in [-0.25, -0.2) is 4.79 Å². The molecule has 4 rings (SSSR count). The van der Waals surface area contributed by atoms with Crippen LogP contribution in [-0.4, -0.2) is 55.0 Å². The minimum absolute atomic E-state index is 0.00344. The molecule has 1 saturated heterocycles. The summed E-state index contributed by atoms with van der Waals surface area (Å²) in [6.45, 7) is 6.18. The van der Waals surface area contributed by atoms with E-state index >= 15 is 0 Å². The second kappa shape index (κ2) is 10.1. The lowest BCUT2D eigenvalue weighted by Crippen LogP contribution is -2.49. The van der Waals surface area contributed by atoms with Gasteiger partial charge in [0.05, 0.1) is 19.3 Å².